The van der Waals surface area contributed by atoms with Crippen molar-refractivity contribution in [3.8, 4) is 0 Å². The second-order valence-electron chi connectivity index (χ2n) is 9.55. The zero-order valence-electron chi connectivity index (χ0n) is 18.9. The molecule has 170 valence electrons. The molecule has 3 rings (SSSR count). The molecule has 0 bridgehead atoms. The van der Waals surface area contributed by atoms with E-state index >= 15 is 0 Å². The number of likely N-dealkylation sites (tertiary alicyclic amines) is 1. The normalized spacial score (nSPS) is 30.1. The molecule has 9 nitrogen and oxygen atoms in total. The van der Waals surface area contributed by atoms with Crippen LogP contribution in [0.15, 0.2) is 0 Å². The number of hydrogen-bond acceptors (Lipinski definition) is 7. The maximum absolute atomic E-state index is 14.0. The first-order valence-corrected chi connectivity index (χ1v) is 10.9. The summed E-state index contributed by atoms with van der Waals surface area (Å²) in [5.41, 5.74) is -2.30. The van der Waals surface area contributed by atoms with Crippen LogP contribution in [-0.2, 0) is 19.1 Å². The summed E-state index contributed by atoms with van der Waals surface area (Å²) in [5, 5.41) is 3.21. The number of likely N-dealkylation sites (N-methyl/N-ethyl adjacent to an activating group) is 1. The molecule has 3 heterocycles. The first-order valence-electron chi connectivity index (χ1n) is 10.9. The van der Waals surface area contributed by atoms with E-state index in [1.165, 1.54) is 4.90 Å². The van der Waals surface area contributed by atoms with Crippen LogP contribution >= 0.6 is 0 Å². The molecule has 2 amide bonds. The van der Waals surface area contributed by atoms with Crippen molar-refractivity contribution in [2.24, 2.45) is 0 Å². The molecule has 3 saturated heterocycles. The zero-order valence-corrected chi connectivity index (χ0v) is 18.9. The average Bonchev–Trinajstić information content (AvgIpc) is 3.38. The Kier molecular flexibility index (Phi) is 6.74. The first-order chi connectivity index (χ1) is 14.1. The summed E-state index contributed by atoms with van der Waals surface area (Å²) in [7, 11) is 3.45. The lowest BCUT2D eigenvalue weighted by Gasteiger charge is -2.53. The van der Waals surface area contributed by atoms with Gasteiger partial charge in [-0.3, -0.25) is 19.4 Å². The largest absolute Gasteiger partial charge is 0.444 e. The Morgan fingerprint density at radius 3 is 2.30 bits per heavy atom. The molecule has 3 unspecified atom stereocenters. The van der Waals surface area contributed by atoms with Crippen molar-refractivity contribution in [2.75, 3.05) is 46.9 Å². The molecule has 3 aliphatic heterocycles. The predicted octanol–water partition coefficient (Wildman–Crippen LogP) is 0.824. The van der Waals surface area contributed by atoms with Crippen LogP contribution in [0.1, 0.15) is 46.5 Å². The summed E-state index contributed by atoms with van der Waals surface area (Å²) in [6.45, 7) is 7.69. The fourth-order valence-electron chi connectivity index (χ4n) is 4.68. The van der Waals surface area contributed by atoms with Crippen LogP contribution in [-0.4, -0.2) is 103 Å². The quantitative estimate of drug-likeness (QED) is 0.715. The third-order valence-corrected chi connectivity index (χ3v) is 6.04. The Morgan fingerprint density at radius 1 is 1.10 bits per heavy atom. The van der Waals surface area contributed by atoms with Gasteiger partial charge < -0.3 is 19.7 Å². The number of nitrogens with one attached hydrogen (secondary N) is 1. The molecule has 3 atom stereocenters. The summed E-state index contributed by atoms with van der Waals surface area (Å²) in [6, 6.07) is -0.376. The molecule has 1 N–H and O–H groups in total. The highest BCUT2D eigenvalue weighted by Gasteiger charge is 2.62. The molecular weight excluding hydrogens is 388 g/mol. The molecule has 0 aliphatic carbocycles. The molecule has 0 spiro atoms. The first kappa shape index (κ1) is 23.0. The number of morpholine rings is 1. The van der Waals surface area contributed by atoms with Crippen LogP contribution in [0.3, 0.4) is 0 Å². The second kappa shape index (κ2) is 8.80. The molecule has 0 radical (unpaired) electrons. The number of Topliss-reactive ketones (excluding diaryl/α,β-unsaturated/α-hetero) is 1. The van der Waals surface area contributed by atoms with Crippen molar-refractivity contribution in [3.63, 3.8) is 0 Å². The number of ketones is 1. The van der Waals surface area contributed by atoms with E-state index in [0.29, 0.717) is 19.5 Å². The number of hydrogen-bond donors (Lipinski definition) is 1. The van der Waals surface area contributed by atoms with Crippen LogP contribution in [0.5, 0.6) is 0 Å². The minimum atomic E-state index is -1.58. The standard InChI is InChI=1S/C21H36N4O5/c1-20(2,3)30-19(28)25-13-14-29-17(16(26)15-9-8-10-22-15)21(25,23(4)5)18(27)24-11-6-7-12-24/h15,17,22H,6-14H2,1-5H3. The number of carbonyl (C=O) groups is 3. The van der Waals surface area contributed by atoms with E-state index in [1.807, 2.05) is 0 Å². The summed E-state index contributed by atoms with van der Waals surface area (Å²) in [4.78, 5) is 45.6. The highest BCUT2D eigenvalue weighted by Crippen LogP contribution is 2.35. The van der Waals surface area contributed by atoms with Crippen LogP contribution in [0.25, 0.3) is 0 Å². The Balaban J connectivity index is 2.06. The zero-order chi connectivity index (χ0) is 22.1. The smallest absolute Gasteiger partial charge is 0.412 e. The highest BCUT2D eigenvalue weighted by molar-refractivity contribution is 6.00. The fraction of sp³-hybridized carbons (Fsp3) is 0.857. The van der Waals surface area contributed by atoms with E-state index in [0.717, 1.165) is 25.8 Å². The topological polar surface area (TPSA) is 91.4 Å². The van der Waals surface area contributed by atoms with E-state index in [2.05, 4.69) is 5.32 Å². The van der Waals surface area contributed by atoms with Gasteiger partial charge in [-0.25, -0.2) is 4.79 Å². The number of nitrogens with zero attached hydrogens (tertiary/aromatic N) is 3. The van der Waals surface area contributed by atoms with Gasteiger partial charge in [0.2, 0.25) is 5.66 Å². The molecular formula is C21H36N4O5. The maximum Gasteiger partial charge on any atom is 0.412 e. The Bertz CT molecular complexity index is 665. The van der Waals surface area contributed by atoms with Crippen molar-refractivity contribution >= 4 is 17.8 Å². The molecule has 9 heteroatoms. The van der Waals surface area contributed by atoms with Crippen LogP contribution in [0, 0.1) is 0 Å². The van der Waals surface area contributed by atoms with Crippen molar-refractivity contribution in [2.45, 2.75) is 69.9 Å². The lowest BCUT2D eigenvalue weighted by Crippen LogP contribution is -2.78. The van der Waals surface area contributed by atoms with Crippen molar-refractivity contribution in [1.29, 1.82) is 0 Å². The van der Waals surface area contributed by atoms with Gasteiger partial charge in [-0.05, 0) is 67.1 Å². The number of amides is 2. The Labute approximate surface area is 179 Å². The third-order valence-electron chi connectivity index (χ3n) is 6.04. The molecule has 30 heavy (non-hydrogen) atoms. The molecule has 0 aromatic rings. The SMILES string of the molecule is CN(C)C1(C(=O)N2CCCC2)C(C(=O)C2CCCN2)OCCN1C(=O)OC(C)(C)C. The van der Waals surface area contributed by atoms with Gasteiger partial charge in [0.15, 0.2) is 11.9 Å². The summed E-state index contributed by atoms with van der Waals surface area (Å²) < 4.78 is 11.6. The van der Waals surface area contributed by atoms with Crippen LogP contribution < -0.4 is 5.32 Å². The van der Waals surface area contributed by atoms with E-state index < -0.39 is 23.5 Å². The minimum Gasteiger partial charge on any atom is -0.444 e. The van der Waals surface area contributed by atoms with E-state index in [1.54, 1.807) is 44.7 Å². The lowest BCUT2D eigenvalue weighted by atomic mass is 9.88. The molecule has 3 aliphatic rings. The summed E-state index contributed by atoms with van der Waals surface area (Å²) in [6.07, 6.45) is 1.72. The van der Waals surface area contributed by atoms with Gasteiger partial charge >= 0.3 is 6.09 Å². The van der Waals surface area contributed by atoms with Crippen molar-refractivity contribution in [3.05, 3.63) is 0 Å². The van der Waals surface area contributed by atoms with Crippen LogP contribution in [0.2, 0.25) is 0 Å². The number of ether oxygens (including phenoxy) is 2. The van der Waals surface area contributed by atoms with Crippen LogP contribution in [0.4, 0.5) is 4.79 Å². The molecule has 3 fully saturated rings. The van der Waals surface area contributed by atoms with Gasteiger partial charge in [-0.15, -0.1) is 0 Å². The van der Waals surface area contributed by atoms with Gasteiger partial charge in [0.1, 0.15) is 5.60 Å². The third kappa shape index (κ3) is 4.20. The van der Waals surface area contributed by atoms with E-state index in [4.69, 9.17) is 9.47 Å². The van der Waals surface area contributed by atoms with E-state index in [9.17, 15) is 14.4 Å². The number of rotatable bonds is 4. The summed E-state index contributed by atoms with van der Waals surface area (Å²) in [5.74, 6) is -0.450. The second-order valence-corrected chi connectivity index (χ2v) is 9.55. The van der Waals surface area contributed by atoms with Gasteiger partial charge in [0.25, 0.3) is 5.91 Å². The maximum atomic E-state index is 14.0. The fourth-order valence-corrected chi connectivity index (χ4v) is 4.68. The Morgan fingerprint density at radius 2 is 1.77 bits per heavy atom. The number of carbonyl (C=O) groups excluding carboxylic acids is 3. The monoisotopic (exact) mass is 424 g/mol. The van der Waals surface area contributed by atoms with Gasteiger partial charge in [0, 0.05) is 19.6 Å². The summed E-state index contributed by atoms with van der Waals surface area (Å²) >= 11 is 0. The lowest BCUT2D eigenvalue weighted by molar-refractivity contribution is -0.199. The van der Waals surface area contributed by atoms with E-state index in [-0.39, 0.29) is 30.9 Å². The molecule has 0 aromatic carbocycles. The molecule has 0 saturated carbocycles. The van der Waals surface area contributed by atoms with Crippen molar-refractivity contribution in [1.82, 2.24) is 20.0 Å². The molecule has 0 aromatic heterocycles. The Hall–Kier alpha value is -1.71. The van der Waals surface area contributed by atoms with Crippen molar-refractivity contribution < 1.29 is 23.9 Å². The average molecular weight is 425 g/mol. The highest BCUT2D eigenvalue weighted by atomic mass is 16.6. The van der Waals surface area contributed by atoms with Gasteiger partial charge in [0.05, 0.1) is 12.6 Å². The minimum absolute atomic E-state index is 0.172. The van der Waals surface area contributed by atoms with Gasteiger partial charge in [-0.2, -0.15) is 0 Å². The van der Waals surface area contributed by atoms with Gasteiger partial charge in [-0.1, -0.05) is 0 Å². The predicted molar refractivity (Wildman–Crippen MR) is 111 cm³/mol.